The molecule has 0 atom stereocenters. The quantitative estimate of drug-likeness (QED) is 0.774. The Kier molecular flexibility index (Phi) is 3.70. The first-order valence-electron chi connectivity index (χ1n) is 4.59. The third-order valence-corrected chi connectivity index (χ3v) is 1.77. The van der Waals surface area contributed by atoms with E-state index in [0.29, 0.717) is 0 Å². The van der Waals surface area contributed by atoms with E-state index < -0.39 is 17.5 Å². The van der Waals surface area contributed by atoms with E-state index in [1.807, 2.05) is 0 Å². The molecule has 1 N–H and O–H groups in total. The molecule has 0 saturated carbocycles. The lowest BCUT2D eigenvalue weighted by Gasteiger charge is -2.19. The summed E-state index contributed by atoms with van der Waals surface area (Å²) in [5, 5.41) is 2.08. The number of rotatable bonds is 1. The fraction of sp³-hybridized carbons (Fsp3) is 0.400. The Bertz CT molecular complexity index is 384. The van der Waals surface area contributed by atoms with Crippen LogP contribution in [0, 0.1) is 5.82 Å². The standard InChI is InChI=1S/C10H12ClFN2O2/c1-10(2,3)16-9(15)14-7-6(12)4-5-13-8(7)11/h4-5H,1-3H3,(H,14,15). The number of halogens is 2. The summed E-state index contributed by atoms with van der Waals surface area (Å²) in [5.74, 6) is -0.661. The van der Waals surface area contributed by atoms with Crippen LogP contribution >= 0.6 is 11.6 Å². The van der Waals surface area contributed by atoms with E-state index in [1.54, 1.807) is 20.8 Å². The molecule has 6 heteroatoms. The number of carbonyl (C=O) groups is 1. The van der Waals surface area contributed by atoms with Gasteiger partial charge in [-0.3, -0.25) is 5.32 Å². The maximum absolute atomic E-state index is 13.2. The topological polar surface area (TPSA) is 51.2 Å². The molecule has 0 fully saturated rings. The van der Waals surface area contributed by atoms with Crippen LogP contribution < -0.4 is 5.32 Å². The van der Waals surface area contributed by atoms with Crippen molar-refractivity contribution in [2.45, 2.75) is 26.4 Å². The van der Waals surface area contributed by atoms with Gasteiger partial charge in [-0.1, -0.05) is 11.6 Å². The van der Waals surface area contributed by atoms with Crippen LogP contribution in [0.4, 0.5) is 14.9 Å². The van der Waals surface area contributed by atoms with Crippen LogP contribution in [0.2, 0.25) is 5.15 Å². The molecule has 0 aliphatic heterocycles. The fourth-order valence-electron chi connectivity index (χ4n) is 0.932. The highest BCUT2D eigenvalue weighted by molar-refractivity contribution is 6.32. The molecule has 0 aliphatic rings. The molecule has 0 aliphatic carbocycles. The average molecular weight is 247 g/mol. The molecule has 0 spiro atoms. The number of anilines is 1. The summed E-state index contributed by atoms with van der Waals surface area (Å²) in [6.07, 6.45) is 0.430. The van der Waals surface area contributed by atoms with Crippen molar-refractivity contribution in [3.05, 3.63) is 23.2 Å². The lowest BCUT2D eigenvalue weighted by molar-refractivity contribution is 0.0635. The molecule has 1 rings (SSSR count). The van der Waals surface area contributed by atoms with Crippen LogP contribution in [0.5, 0.6) is 0 Å². The van der Waals surface area contributed by atoms with Crippen molar-refractivity contribution in [2.75, 3.05) is 5.32 Å². The minimum absolute atomic E-state index is 0.120. The number of hydrogen-bond acceptors (Lipinski definition) is 3. The maximum Gasteiger partial charge on any atom is 0.412 e. The van der Waals surface area contributed by atoms with E-state index in [4.69, 9.17) is 16.3 Å². The predicted molar refractivity (Wildman–Crippen MR) is 59.1 cm³/mol. The van der Waals surface area contributed by atoms with Gasteiger partial charge in [0.05, 0.1) is 0 Å². The summed E-state index contributed by atoms with van der Waals surface area (Å²) >= 11 is 5.62. The van der Waals surface area contributed by atoms with Gasteiger partial charge in [0, 0.05) is 6.20 Å². The van der Waals surface area contributed by atoms with Crippen LogP contribution in [0.1, 0.15) is 20.8 Å². The van der Waals surface area contributed by atoms with Gasteiger partial charge in [0.25, 0.3) is 0 Å². The Morgan fingerprint density at radius 3 is 2.69 bits per heavy atom. The highest BCUT2D eigenvalue weighted by atomic mass is 35.5. The van der Waals surface area contributed by atoms with Gasteiger partial charge in [-0.25, -0.2) is 14.2 Å². The minimum Gasteiger partial charge on any atom is -0.444 e. The van der Waals surface area contributed by atoms with E-state index in [0.717, 1.165) is 6.07 Å². The zero-order chi connectivity index (χ0) is 12.3. The number of ether oxygens (including phenoxy) is 1. The van der Waals surface area contributed by atoms with E-state index >= 15 is 0 Å². The number of nitrogens with zero attached hydrogens (tertiary/aromatic N) is 1. The maximum atomic E-state index is 13.2. The molecule has 0 aromatic carbocycles. The van der Waals surface area contributed by atoms with Crippen molar-refractivity contribution in [1.29, 1.82) is 0 Å². The molecule has 1 aromatic heterocycles. The molecule has 88 valence electrons. The van der Waals surface area contributed by atoms with E-state index in [2.05, 4.69) is 10.3 Å². The molecule has 0 bridgehead atoms. The minimum atomic E-state index is -0.777. The second-order valence-corrected chi connectivity index (χ2v) is 4.44. The Balaban J connectivity index is 2.78. The van der Waals surface area contributed by atoms with Gasteiger partial charge in [-0.2, -0.15) is 0 Å². The van der Waals surface area contributed by atoms with Gasteiger partial charge >= 0.3 is 6.09 Å². The first-order chi connectivity index (χ1) is 7.29. The van der Waals surface area contributed by atoms with Crippen molar-refractivity contribution in [3.63, 3.8) is 0 Å². The van der Waals surface area contributed by atoms with Gasteiger partial charge in [0.15, 0.2) is 11.0 Å². The lowest BCUT2D eigenvalue weighted by Crippen LogP contribution is -2.27. The van der Waals surface area contributed by atoms with Crippen molar-refractivity contribution >= 4 is 23.4 Å². The second kappa shape index (κ2) is 4.65. The summed E-state index contributed by atoms with van der Waals surface area (Å²) in [6.45, 7) is 5.11. The largest absolute Gasteiger partial charge is 0.444 e. The van der Waals surface area contributed by atoms with Gasteiger partial charge in [-0.05, 0) is 26.8 Å². The Morgan fingerprint density at radius 2 is 2.19 bits per heavy atom. The third kappa shape index (κ3) is 3.66. The Morgan fingerprint density at radius 1 is 1.56 bits per heavy atom. The smallest absolute Gasteiger partial charge is 0.412 e. The molecule has 1 heterocycles. The van der Waals surface area contributed by atoms with Gasteiger partial charge in [-0.15, -0.1) is 0 Å². The van der Waals surface area contributed by atoms with Crippen LogP contribution in [0.3, 0.4) is 0 Å². The van der Waals surface area contributed by atoms with Crippen LogP contribution in [-0.4, -0.2) is 16.7 Å². The van der Waals surface area contributed by atoms with Crippen molar-refractivity contribution < 1.29 is 13.9 Å². The molecule has 1 aromatic rings. The van der Waals surface area contributed by atoms with Crippen LogP contribution in [-0.2, 0) is 4.74 Å². The number of amides is 1. The molecular formula is C10H12ClFN2O2. The Labute approximate surface area is 97.8 Å². The molecule has 4 nitrogen and oxygen atoms in total. The first-order valence-corrected chi connectivity index (χ1v) is 4.97. The van der Waals surface area contributed by atoms with Crippen molar-refractivity contribution in [2.24, 2.45) is 0 Å². The predicted octanol–water partition coefficient (Wildman–Crippen LogP) is 3.22. The number of hydrogen-bond donors (Lipinski definition) is 1. The molecule has 16 heavy (non-hydrogen) atoms. The number of aromatic nitrogens is 1. The van der Waals surface area contributed by atoms with Gasteiger partial charge < -0.3 is 4.74 Å². The number of carbonyl (C=O) groups excluding carboxylic acids is 1. The van der Waals surface area contributed by atoms with E-state index in [9.17, 15) is 9.18 Å². The molecule has 0 unspecified atom stereocenters. The second-order valence-electron chi connectivity index (χ2n) is 4.09. The summed E-state index contributed by atoms with van der Waals surface area (Å²) < 4.78 is 18.2. The molecule has 0 saturated heterocycles. The zero-order valence-electron chi connectivity index (χ0n) is 9.17. The van der Waals surface area contributed by atoms with Gasteiger partial charge in [0.1, 0.15) is 11.3 Å². The number of pyridine rings is 1. The normalized spacial score (nSPS) is 11.1. The highest BCUT2D eigenvalue weighted by Crippen LogP contribution is 2.22. The summed E-state index contributed by atoms with van der Waals surface area (Å²) in [6, 6.07) is 1.10. The van der Waals surface area contributed by atoms with Gasteiger partial charge in [0.2, 0.25) is 0 Å². The van der Waals surface area contributed by atoms with Crippen LogP contribution in [0.15, 0.2) is 12.3 Å². The van der Waals surface area contributed by atoms with Crippen molar-refractivity contribution in [3.8, 4) is 0 Å². The lowest BCUT2D eigenvalue weighted by atomic mass is 10.2. The monoisotopic (exact) mass is 246 g/mol. The van der Waals surface area contributed by atoms with E-state index in [1.165, 1.54) is 6.20 Å². The Hall–Kier alpha value is -1.36. The SMILES string of the molecule is CC(C)(C)OC(=O)Nc1c(F)ccnc1Cl. The fourth-order valence-corrected chi connectivity index (χ4v) is 1.13. The number of nitrogens with one attached hydrogen (secondary N) is 1. The van der Waals surface area contributed by atoms with Crippen LogP contribution in [0.25, 0.3) is 0 Å². The summed E-state index contributed by atoms with van der Waals surface area (Å²) in [5.41, 5.74) is -0.840. The zero-order valence-corrected chi connectivity index (χ0v) is 9.93. The molecule has 0 radical (unpaired) electrons. The summed E-state index contributed by atoms with van der Waals surface area (Å²) in [4.78, 5) is 15.0. The van der Waals surface area contributed by atoms with Crippen molar-refractivity contribution in [1.82, 2.24) is 4.98 Å². The molecule has 1 amide bonds. The van der Waals surface area contributed by atoms with E-state index in [-0.39, 0.29) is 10.8 Å². The third-order valence-electron chi connectivity index (χ3n) is 1.48. The average Bonchev–Trinajstić information content (AvgIpc) is 2.08. The highest BCUT2D eigenvalue weighted by Gasteiger charge is 2.18. The molecular weight excluding hydrogens is 235 g/mol. The summed E-state index contributed by atoms with van der Waals surface area (Å²) in [7, 11) is 0. The first kappa shape index (κ1) is 12.7.